The molecule has 0 amide bonds. The van der Waals surface area contributed by atoms with Crippen LogP contribution in [0.25, 0.3) is 11.3 Å². The average Bonchev–Trinajstić information content (AvgIpc) is 2.71. The average molecular weight is 401 g/mol. The van der Waals surface area contributed by atoms with Gasteiger partial charge in [0.15, 0.2) is 0 Å². The van der Waals surface area contributed by atoms with Crippen LogP contribution in [0.4, 0.5) is 10.3 Å². The number of ether oxygens (including phenoxy) is 1. The van der Waals surface area contributed by atoms with Gasteiger partial charge in [0.1, 0.15) is 11.9 Å². The largest absolute Gasteiger partial charge is 0.370 e. The van der Waals surface area contributed by atoms with Crippen molar-refractivity contribution in [1.82, 2.24) is 14.5 Å². The van der Waals surface area contributed by atoms with Crippen LogP contribution in [-0.4, -0.2) is 34.2 Å². The van der Waals surface area contributed by atoms with E-state index >= 15 is 0 Å². The van der Waals surface area contributed by atoms with Gasteiger partial charge in [0.05, 0.1) is 18.8 Å². The molecule has 8 heteroatoms. The molecule has 3 heterocycles. The lowest BCUT2D eigenvalue weighted by atomic mass is 10.1. The lowest BCUT2D eigenvalue weighted by Crippen LogP contribution is -2.42. The molecule has 1 fully saturated rings. The fourth-order valence-corrected chi connectivity index (χ4v) is 3.59. The highest BCUT2D eigenvalue weighted by Gasteiger charge is 2.28. The van der Waals surface area contributed by atoms with E-state index in [9.17, 15) is 9.18 Å². The van der Waals surface area contributed by atoms with Gasteiger partial charge < -0.3 is 9.64 Å². The summed E-state index contributed by atoms with van der Waals surface area (Å²) in [5.41, 5.74) is 1.51. The van der Waals surface area contributed by atoms with Crippen LogP contribution in [0.1, 0.15) is 11.7 Å². The molecule has 1 aliphatic heterocycles. The van der Waals surface area contributed by atoms with Gasteiger partial charge in [-0.2, -0.15) is 0 Å². The maximum atomic E-state index is 14.3. The summed E-state index contributed by atoms with van der Waals surface area (Å²) in [6.45, 7) is 1.23. The number of hydrogen-bond acceptors (Lipinski definition) is 5. The minimum Gasteiger partial charge on any atom is -0.370 e. The van der Waals surface area contributed by atoms with Crippen molar-refractivity contribution in [3.63, 3.8) is 0 Å². The van der Waals surface area contributed by atoms with Crippen LogP contribution < -0.4 is 10.5 Å². The van der Waals surface area contributed by atoms with Gasteiger partial charge in [0.25, 0.3) is 5.56 Å². The zero-order chi connectivity index (χ0) is 19.7. The van der Waals surface area contributed by atoms with E-state index in [4.69, 9.17) is 16.3 Å². The predicted octanol–water partition coefficient (Wildman–Crippen LogP) is 3.21. The quantitative estimate of drug-likeness (QED) is 0.675. The van der Waals surface area contributed by atoms with Crippen LogP contribution in [0, 0.1) is 5.82 Å². The number of rotatable bonds is 3. The zero-order valence-corrected chi connectivity index (χ0v) is 15.9. The molecule has 4 rings (SSSR count). The third-order valence-electron chi connectivity index (χ3n) is 4.76. The summed E-state index contributed by atoms with van der Waals surface area (Å²) < 4.78 is 21.6. The number of pyridine rings is 1. The summed E-state index contributed by atoms with van der Waals surface area (Å²) in [5.74, 6) is 0.0896. The molecule has 1 aliphatic rings. The third kappa shape index (κ3) is 3.50. The first-order valence-electron chi connectivity index (χ1n) is 8.83. The van der Waals surface area contributed by atoms with E-state index in [0.717, 1.165) is 5.56 Å². The van der Waals surface area contributed by atoms with Gasteiger partial charge in [-0.25, -0.2) is 9.37 Å². The standard InChI is InChI=1S/C20H18ClFN4O2/c1-25-18(27)11-16(13-5-7-23-8-6-13)24-20(25)26-9-10-28-17(12-26)19-14(21)3-2-4-15(19)22/h2-8,11,17H,9-10,12H2,1H3/t17-/m1/s1. The summed E-state index contributed by atoms with van der Waals surface area (Å²) >= 11 is 6.20. The normalized spacial score (nSPS) is 17.0. The SMILES string of the molecule is Cn1c(N2CCO[C@@H](c3c(F)cccc3Cl)C2)nc(-c2ccncc2)cc1=O. The van der Waals surface area contributed by atoms with E-state index < -0.39 is 11.9 Å². The number of halogens is 2. The van der Waals surface area contributed by atoms with Gasteiger partial charge in [-0.3, -0.25) is 14.3 Å². The Morgan fingerprint density at radius 3 is 2.79 bits per heavy atom. The van der Waals surface area contributed by atoms with Crippen molar-refractivity contribution in [1.29, 1.82) is 0 Å². The van der Waals surface area contributed by atoms with E-state index in [0.29, 0.717) is 41.9 Å². The fraction of sp³-hybridized carbons (Fsp3) is 0.250. The van der Waals surface area contributed by atoms with Crippen LogP contribution in [0.15, 0.2) is 53.6 Å². The molecule has 6 nitrogen and oxygen atoms in total. The molecule has 0 aliphatic carbocycles. The van der Waals surface area contributed by atoms with Crippen molar-refractivity contribution in [2.75, 3.05) is 24.6 Å². The first-order chi connectivity index (χ1) is 13.5. The lowest BCUT2D eigenvalue weighted by Gasteiger charge is -2.35. The Morgan fingerprint density at radius 1 is 1.25 bits per heavy atom. The Balaban J connectivity index is 1.71. The Morgan fingerprint density at radius 2 is 2.04 bits per heavy atom. The van der Waals surface area contributed by atoms with E-state index in [2.05, 4.69) is 9.97 Å². The summed E-state index contributed by atoms with van der Waals surface area (Å²) in [6, 6.07) is 9.65. The number of aromatic nitrogens is 3. The van der Waals surface area contributed by atoms with Gasteiger partial charge in [-0.1, -0.05) is 17.7 Å². The molecule has 0 spiro atoms. The Hall–Kier alpha value is -2.77. The van der Waals surface area contributed by atoms with E-state index in [1.807, 2.05) is 4.90 Å². The monoisotopic (exact) mass is 400 g/mol. The van der Waals surface area contributed by atoms with Crippen molar-refractivity contribution in [3.8, 4) is 11.3 Å². The second kappa shape index (κ2) is 7.69. The molecule has 0 bridgehead atoms. The molecule has 144 valence electrons. The molecule has 0 saturated carbocycles. The van der Waals surface area contributed by atoms with Crippen LogP contribution in [-0.2, 0) is 11.8 Å². The highest BCUT2D eigenvalue weighted by atomic mass is 35.5. The van der Waals surface area contributed by atoms with Crippen molar-refractivity contribution < 1.29 is 9.13 Å². The minimum absolute atomic E-state index is 0.177. The third-order valence-corrected chi connectivity index (χ3v) is 5.09. The maximum absolute atomic E-state index is 14.3. The highest BCUT2D eigenvalue weighted by molar-refractivity contribution is 6.31. The molecule has 1 atom stereocenters. The highest BCUT2D eigenvalue weighted by Crippen LogP contribution is 2.32. The fourth-order valence-electron chi connectivity index (χ4n) is 3.30. The molecule has 1 saturated heterocycles. The molecule has 0 unspecified atom stereocenters. The molecule has 0 N–H and O–H groups in total. The number of morpholine rings is 1. The Labute approximate surface area is 166 Å². The smallest absolute Gasteiger partial charge is 0.255 e. The number of nitrogens with zero attached hydrogens (tertiary/aromatic N) is 4. The topological polar surface area (TPSA) is 60.2 Å². The second-order valence-electron chi connectivity index (χ2n) is 6.52. The summed E-state index contributed by atoms with van der Waals surface area (Å²) in [6.07, 6.45) is 2.75. The Bertz CT molecular complexity index is 1040. The summed E-state index contributed by atoms with van der Waals surface area (Å²) in [4.78, 5) is 23.1. The van der Waals surface area contributed by atoms with Gasteiger partial charge in [0.2, 0.25) is 5.95 Å². The zero-order valence-electron chi connectivity index (χ0n) is 15.2. The van der Waals surface area contributed by atoms with Crippen LogP contribution in [0.2, 0.25) is 5.02 Å². The van der Waals surface area contributed by atoms with Crippen molar-refractivity contribution in [3.05, 3.63) is 75.5 Å². The summed E-state index contributed by atoms with van der Waals surface area (Å²) in [7, 11) is 1.67. The molecular formula is C20H18ClFN4O2. The lowest BCUT2D eigenvalue weighted by molar-refractivity contribution is 0.0368. The van der Waals surface area contributed by atoms with Crippen molar-refractivity contribution >= 4 is 17.5 Å². The van der Waals surface area contributed by atoms with Gasteiger partial charge in [-0.15, -0.1) is 0 Å². The molecular weight excluding hydrogens is 383 g/mol. The molecule has 3 aromatic rings. The van der Waals surface area contributed by atoms with Crippen molar-refractivity contribution in [2.24, 2.45) is 7.05 Å². The van der Waals surface area contributed by atoms with Crippen LogP contribution >= 0.6 is 11.6 Å². The molecule has 28 heavy (non-hydrogen) atoms. The molecule has 2 aromatic heterocycles. The predicted molar refractivity (Wildman–Crippen MR) is 105 cm³/mol. The van der Waals surface area contributed by atoms with E-state index in [1.165, 1.54) is 16.7 Å². The van der Waals surface area contributed by atoms with E-state index in [-0.39, 0.29) is 5.56 Å². The number of hydrogen-bond donors (Lipinski definition) is 0. The number of benzene rings is 1. The number of anilines is 1. The van der Waals surface area contributed by atoms with Crippen molar-refractivity contribution in [2.45, 2.75) is 6.10 Å². The van der Waals surface area contributed by atoms with Gasteiger partial charge in [-0.05, 0) is 24.3 Å². The second-order valence-corrected chi connectivity index (χ2v) is 6.92. The maximum Gasteiger partial charge on any atom is 0.255 e. The van der Waals surface area contributed by atoms with Crippen LogP contribution in [0.5, 0.6) is 0 Å². The van der Waals surface area contributed by atoms with Gasteiger partial charge in [0, 0.05) is 48.2 Å². The first kappa shape index (κ1) is 18.6. The van der Waals surface area contributed by atoms with E-state index in [1.54, 1.807) is 43.7 Å². The minimum atomic E-state index is -0.552. The van der Waals surface area contributed by atoms with Gasteiger partial charge >= 0.3 is 0 Å². The Kier molecular flexibility index (Phi) is 5.11. The molecule has 0 radical (unpaired) electrons. The summed E-state index contributed by atoms with van der Waals surface area (Å²) in [5, 5.41) is 0.319. The first-order valence-corrected chi connectivity index (χ1v) is 9.21. The van der Waals surface area contributed by atoms with Crippen LogP contribution in [0.3, 0.4) is 0 Å². The molecule has 1 aromatic carbocycles.